The van der Waals surface area contributed by atoms with E-state index in [0.717, 1.165) is 4.88 Å². The Morgan fingerprint density at radius 2 is 2.25 bits per heavy atom. The second kappa shape index (κ2) is 5.01. The Morgan fingerprint density at radius 3 is 2.95 bits per heavy atom. The van der Waals surface area contributed by atoms with Gasteiger partial charge in [0.15, 0.2) is 15.8 Å². The SMILES string of the molecule is Nc1nc2sccn2c1S(=O)(=O)NCc1ccc(Cl)s1. The quantitative estimate of drug-likeness (QED) is 0.756. The molecule has 0 aromatic carbocycles. The number of sulfonamides is 1. The predicted molar refractivity (Wildman–Crippen MR) is 80.8 cm³/mol. The number of aromatic nitrogens is 2. The van der Waals surface area contributed by atoms with Gasteiger partial charge >= 0.3 is 0 Å². The monoisotopic (exact) mass is 348 g/mol. The molecule has 0 unspecified atom stereocenters. The Labute approximate surface area is 127 Å². The summed E-state index contributed by atoms with van der Waals surface area (Å²) in [6.07, 6.45) is 1.62. The smallest absolute Gasteiger partial charge is 0.260 e. The molecule has 0 bridgehead atoms. The number of nitrogens with zero attached hydrogens (tertiary/aromatic N) is 2. The van der Waals surface area contributed by atoms with Crippen molar-refractivity contribution in [2.24, 2.45) is 0 Å². The zero-order valence-corrected chi connectivity index (χ0v) is 13.1. The van der Waals surface area contributed by atoms with Crippen molar-refractivity contribution in [1.29, 1.82) is 0 Å². The van der Waals surface area contributed by atoms with Crippen LogP contribution in [0.25, 0.3) is 4.96 Å². The molecule has 0 aliphatic heterocycles. The largest absolute Gasteiger partial charge is 0.381 e. The predicted octanol–water partition coefficient (Wildman–Crippen LogP) is 2.17. The van der Waals surface area contributed by atoms with Gasteiger partial charge in [-0.25, -0.2) is 18.1 Å². The van der Waals surface area contributed by atoms with E-state index in [9.17, 15) is 8.42 Å². The number of rotatable bonds is 4. The number of thiophene rings is 1. The van der Waals surface area contributed by atoms with E-state index in [0.29, 0.717) is 9.30 Å². The average Bonchev–Trinajstić information content (AvgIpc) is 3.02. The Morgan fingerprint density at radius 1 is 1.45 bits per heavy atom. The molecule has 0 radical (unpaired) electrons. The molecular weight excluding hydrogens is 340 g/mol. The van der Waals surface area contributed by atoms with E-state index < -0.39 is 10.0 Å². The zero-order chi connectivity index (χ0) is 14.3. The molecule has 10 heteroatoms. The number of halogens is 1. The number of hydrogen-bond acceptors (Lipinski definition) is 6. The number of fused-ring (bicyclic) bond motifs is 1. The Bertz CT molecular complexity index is 864. The number of hydrogen-bond donors (Lipinski definition) is 2. The highest BCUT2D eigenvalue weighted by Crippen LogP contribution is 2.25. The first-order valence-corrected chi connectivity index (χ1v) is 8.98. The van der Waals surface area contributed by atoms with Crippen molar-refractivity contribution < 1.29 is 8.42 Å². The van der Waals surface area contributed by atoms with Gasteiger partial charge in [-0.05, 0) is 12.1 Å². The number of nitrogens with one attached hydrogen (secondary N) is 1. The molecule has 20 heavy (non-hydrogen) atoms. The summed E-state index contributed by atoms with van der Waals surface area (Å²) in [6.45, 7) is 0.163. The third kappa shape index (κ3) is 2.42. The van der Waals surface area contributed by atoms with E-state index >= 15 is 0 Å². The molecule has 3 N–H and O–H groups in total. The second-order valence-corrected chi connectivity index (χ2v) is 8.24. The van der Waals surface area contributed by atoms with E-state index in [4.69, 9.17) is 17.3 Å². The van der Waals surface area contributed by atoms with Crippen LogP contribution in [0.15, 0.2) is 28.7 Å². The highest BCUT2D eigenvalue weighted by molar-refractivity contribution is 7.89. The van der Waals surface area contributed by atoms with Crippen LogP contribution < -0.4 is 10.5 Å². The lowest BCUT2D eigenvalue weighted by molar-refractivity contribution is 0.577. The van der Waals surface area contributed by atoms with Crippen LogP contribution in [0.5, 0.6) is 0 Å². The number of anilines is 1. The Balaban J connectivity index is 1.91. The molecule has 3 rings (SSSR count). The van der Waals surface area contributed by atoms with Gasteiger partial charge in [0.2, 0.25) is 0 Å². The minimum Gasteiger partial charge on any atom is -0.381 e. The van der Waals surface area contributed by atoms with Crippen LogP contribution in [0.4, 0.5) is 5.82 Å². The molecule has 0 aliphatic carbocycles. The zero-order valence-electron chi connectivity index (χ0n) is 9.91. The van der Waals surface area contributed by atoms with Crippen LogP contribution in [0.2, 0.25) is 4.34 Å². The van der Waals surface area contributed by atoms with Crippen LogP contribution >= 0.6 is 34.3 Å². The lowest BCUT2D eigenvalue weighted by atomic mass is 10.5. The number of nitrogens with two attached hydrogens (primary N) is 1. The summed E-state index contributed by atoms with van der Waals surface area (Å²) in [5, 5.41) is 1.72. The molecule has 0 saturated carbocycles. The van der Waals surface area contributed by atoms with Crippen molar-refractivity contribution in [1.82, 2.24) is 14.1 Å². The minimum atomic E-state index is -3.74. The summed E-state index contributed by atoms with van der Waals surface area (Å²) in [6, 6.07) is 3.50. The fraction of sp³-hybridized carbons (Fsp3) is 0.100. The molecule has 0 amide bonds. The van der Waals surface area contributed by atoms with E-state index in [1.165, 1.54) is 27.1 Å². The number of nitrogen functional groups attached to an aromatic ring is 1. The third-order valence-electron chi connectivity index (χ3n) is 2.56. The highest BCUT2D eigenvalue weighted by atomic mass is 35.5. The highest BCUT2D eigenvalue weighted by Gasteiger charge is 2.24. The van der Waals surface area contributed by atoms with Crippen molar-refractivity contribution in [2.75, 3.05) is 5.73 Å². The summed E-state index contributed by atoms with van der Waals surface area (Å²) in [5.74, 6) is -0.00596. The van der Waals surface area contributed by atoms with Gasteiger partial charge in [-0.15, -0.1) is 22.7 Å². The molecule has 0 spiro atoms. The number of imidazole rings is 1. The standard InChI is InChI=1S/C10H9ClN4O2S3/c11-7-2-1-6(19-7)5-13-20(16,17)9-8(12)14-10-15(9)3-4-18-10/h1-4,13H,5,12H2. The molecule has 0 aliphatic rings. The number of thiazole rings is 1. The second-order valence-electron chi connectivity index (χ2n) is 3.89. The van der Waals surface area contributed by atoms with E-state index in [-0.39, 0.29) is 17.4 Å². The fourth-order valence-electron chi connectivity index (χ4n) is 1.73. The molecular formula is C10H9ClN4O2S3. The maximum atomic E-state index is 12.3. The van der Waals surface area contributed by atoms with Crippen molar-refractivity contribution in [3.05, 3.63) is 32.9 Å². The average molecular weight is 349 g/mol. The van der Waals surface area contributed by atoms with Crippen molar-refractivity contribution >= 4 is 55.1 Å². The molecule has 0 saturated heterocycles. The van der Waals surface area contributed by atoms with Gasteiger partial charge < -0.3 is 5.73 Å². The van der Waals surface area contributed by atoms with Gasteiger partial charge in [0.05, 0.1) is 4.34 Å². The van der Waals surface area contributed by atoms with E-state index in [1.54, 1.807) is 23.7 Å². The molecule has 6 nitrogen and oxygen atoms in total. The first kappa shape index (κ1) is 13.8. The molecule has 3 aromatic rings. The minimum absolute atomic E-state index is 0.00596. The maximum Gasteiger partial charge on any atom is 0.260 e. The lowest BCUT2D eigenvalue weighted by Crippen LogP contribution is -2.24. The van der Waals surface area contributed by atoms with E-state index in [2.05, 4.69) is 9.71 Å². The van der Waals surface area contributed by atoms with Crippen LogP contribution in [-0.2, 0) is 16.6 Å². The molecule has 106 valence electrons. The van der Waals surface area contributed by atoms with Gasteiger partial charge in [-0.3, -0.25) is 4.40 Å². The normalized spacial score (nSPS) is 12.2. The third-order valence-corrected chi connectivity index (χ3v) is 5.99. The summed E-state index contributed by atoms with van der Waals surface area (Å²) >= 11 is 8.45. The summed E-state index contributed by atoms with van der Waals surface area (Å²) in [4.78, 5) is 5.39. The van der Waals surface area contributed by atoms with Gasteiger partial charge in [0.25, 0.3) is 10.0 Å². The summed E-state index contributed by atoms with van der Waals surface area (Å²) in [7, 11) is -3.74. The summed E-state index contributed by atoms with van der Waals surface area (Å²) < 4.78 is 29.2. The van der Waals surface area contributed by atoms with Crippen molar-refractivity contribution in [3.63, 3.8) is 0 Å². The fourth-order valence-corrected chi connectivity index (χ4v) is 4.84. The summed E-state index contributed by atoms with van der Waals surface area (Å²) in [5.41, 5.74) is 5.69. The van der Waals surface area contributed by atoms with Gasteiger partial charge in [-0.1, -0.05) is 11.6 Å². The Kier molecular flexibility index (Phi) is 3.46. The van der Waals surface area contributed by atoms with Crippen LogP contribution in [0.3, 0.4) is 0 Å². The van der Waals surface area contributed by atoms with Crippen molar-refractivity contribution in [3.8, 4) is 0 Å². The molecule has 3 aromatic heterocycles. The first-order valence-electron chi connectivity index (χ1n) is 5.42. The van der Waals surface area contributed by atoms with Gasteiger partial charge in [-0.2, -0.15) is 0 Å². The van der Waals surface area contributed by atoms with Crippen LogP contribution in [-0.4, -0.2) is 17.8 Å². The maximum absolute atomic E-state index is 12.3. The molecule has 3 heterocycles. The van der Waals surface area contributed by atoms with Crippen LogP contribution in [0.1, 0.15) is 4.88 Å². The topological polar surface area (TPSA) is 89.5 Å². The first-order chi connectivity index (χ1) is 9.47. The Hall–Kier alpha value is -1.13. The van der Waals surface area contributed by atoms with Gasteiger partial charge in [0.1, 0.15) is 0 Å². The van der Waals surface area contributed by atoms with Crippen molar-refractivity contribution in [2.45, 2.75) is 11.6 Å². The molecule has 0 fully saturated rings. The van der Waals surface area contributed by atoms with Gasteiger partial charge in [0, 0.05) is 23.0 Å². The lowest BCUT2D eigenvalue weighted by Gasteiger charge is -2.05. The van der Waals surface area contributed by atoms with Crippen LogP contribution in [0, 0.1) is 0 Å². The molecule has 0 atom stereocenters. The van der Waals surface area contributed by atoms with E-state index in [1.807, 2.05) is 0 Å².